The van der Waals surface area contributed by atoms with Crippen LogP contribution in [-0.4, -0.2) is 6.04 Å². The third-order valence-electron chi connectivity index (χ3n) is 4.40. The molecule has 0 saturated carbocycles. The van der Waals surface area contributed by atoms with Gasteiger partial charge in [-0.2, -0.15) is 0 Å². The molecule has 120 valence electrons. The van der Waals surface area contributed by atoms with Crippen LogP contribution < -0.4 is 15.7 Å². The van der Waals surface area contributed by atoms with E-state index in [-0.39, 0.29) is 6.04 Å². The third kappa shape index (κ3) is 3.65. The van der Waals surface area contributed by atoms with E-state index >= 15 is 0 Å². The zero-order valence-corrected chi connectivity index (χ0v) is 14.7. The highest BCUT2D eigenvalue weighted by molar-refractivity contribution is 7.76. The molecule has 0 amide bonds. The van der Waals surface area contributed by atoms with E-state index in [4.69, 9.17) is 0 Å². The lowest BCUT2D eigenvalue weighted by molar-refractivity contribution is 0.452. The predicted molar refractivity (Wildman–Crippen MR) is 98.8 cm³/mol. The Morgan fingerprint density at radius 3 is 1.96 bits per heavy atom. The first-order valence-electron chi connectivity index (χ1n) is 8.24. The van der Waals surface area contributed by atoms with E-state index in [9.17, 15) is 4.57 Å². The van der Waals surface area contributed by atoms with Crippen molar-refractivity contribution in [3.8, 4) is 0 Å². The fourth-order valence-corrected chi connectivity index (χ4v) is 5.87. The quantitative estimate of drug-likeness (QED) is 0.672. The second kappa shape index (κ2) is 6.86. The SMILES string of the molecule is CC1=C[C@H](NP(=O)(c2ccccc2)c2ccccc2)C[C@H](C)C1. The van der Waals surface area contributed by atoms with Crippen LogP contribution in [0.1, 0.15) is 26.7 Å². The van der Waals surface area contributed by atoms with Crippen molar-refractivity contribution in [2.24, 2.45) is 5.92 Å². The van der Waals surface area contributed by atoms with Gasteiger partial charge in [-0.1, -0.05) is 55.0 Å². The highest BCUT2D eigenvalue weighted by Crippen LogP contribution is 2.41. The summed E-state index contributed by atoms with van der Waals surface area (Å²) in [6, 6.07) is 19.8. The van der Waals surface area contributed by atoms with Crippen LogP contribution in [0.5, 0.6) is 0 Å². The number of allylic oxidation sites excluding steroid dienone is 1. The Bertz CT molecular complexity index is 680. The van der Waals surface area contributed by atoms with E-state index in [1.165, 1.54) is 5.57 Å². The predicted octanol–water partition coefficient (Wildman–Crippen LogP) is 4.25. The van der Waals surface area contributed by atoms with Crippen LogP contribution in [-0.2, 0) is 4.57 Å². The first-order valence-corrected chi connectivity index (χ1v) is 9.95. The zero-order valence-electron chi connectivity index (χ0n) is 13.8. The smallest absolute Gasteiger partial charge is 0.205 e. The summed E-state index contributed by atoms with van der Waals surface area (Å²) in [6.07, 6.45) is 4.42. The molecule has 0 spiro atoms. The molecule has 0 radical (unpaired) electrons. The molecule has 3 rings (SSSR count). The zero-order chi connectivity index (χ0) is 16.3. The summed E-state index contributed by atoms with van der Waals surface area (Å²) >= 11 is 0. The van der Waals surface area contributed by atoms with Gasteiger partial charge in [0.1, 0.15) is 0 Å². The van der Waals surface area contributed by atoms with Crippen molar-refractivity contribution in [2.45, 2.75) is 32.7 Å². The highest BCUT2D eigenvalue weighted by atomic mass is 31.2. The van der Waals surface area contributed by atoms with Gasteiger partial charge in [0.15, 0.2) is 0 Å². The summed E-state index contributed by atoms with van der Waals surface area (Å²) in [6.45, 7) is 4.43. The van der Waals surface area contributed by atoms with Gasteiger partial charge in [-0.15, -0.1) is 0 Å². The van der Waals surface area contributed by atoms with Gasteiger partial charge in [0.25, 0.3) is 0 Å². The molecule has 1 N–H and O–H groups in total. The van der Waals surface area contributed by atoms with Crippen molar-refractivity contribution in [1.82, 2.24) is 5.09 Å². The lowest BCUT2D eigenvalue weighted by Crippen LogP contribution is -2.36. The summed E-state index contributed by atoms with van der Waals surface area (Å²) in [5, 5.41) is 5.25. The lowest BCUT2D eigenvalue weighted by Gasteiger charge is -2.30. The van der Waals surface area contributed by atoms with Crippen LogP contribution >= 0.6 is 7.29 Å². The van der Waals surface area contributed by atoms with Gasteiger partial charge in [0, 0.05) is 16.7 Å². The lowest BCUT2D eigenvalue weighted by atomic mass is 9.88. The van der Waals surface area contributed by atoms with Crippen LogP contribution in [0.3, 0.4) is 0 Å². The van der Waals surface area contributed by atoms with Crippen LogP contribution in [0.4, 0.5) is 0 Å². The summed E-state index contributed by atoms with van der Waals surface area (Å²) in [7, 11) is -2.84. The van der Waals surface area contributed by atoms with E-state index in [1.807, 2.05) is 60.7 Å². The molecule has 0 fully saturated rings. The van der Waals surface area contributed by atoms with E-state index in [0.29, 0.717) is 5.92 Å². The second-order valence-corrected chi connectivity index (χ2v) is 9.08. The Morgan fingerprint density at radius 2 is 1.48 bits per heavy atom. The minimum atomic E-state index is -2.84. The van der Waals surface area contributed by atoms with E-state index in [2.05, 4.69) is 25.0 Å². The fourth-order valence-electron chi connectivity index (χ4n) is 3.44. The number of nitrogens with one attached hydrogen (secondary N) is 1. The molecule has 0 aromatic heterocycles. The fraction of sp³-hybridized carbons (Fsp3) is 0.300. The van der Waals surface area contributed by atoms with Gasteiger partial charge in [-0.25, -0.2) is 0 Å². The third-order valence-corrected chi connectivity index (χ3v) is 7.15. The molecule has 1 aliphatic rings. The molecule has 3 heteroatoms. The van der Waals surface area contributed by atoms with Gasteiger partial charge in [0.05, 0.1) is 0 Å². The van der Waals surface area contributed by atoms with Crippen molar-refractivity contribution in [3.05, 3.63) is 72.3 Å². The number of benzene rings is 2. The molecule has 23 heavy (non-hydrogen) atoms. The average Bonchev–Trinajstić information content (AvgIpc) is 2.55. The number of rotatable bonds is 4. The Balaban J connectivity index is 2.00. The Hall–Kier alpha value is -1.63. The van der Waals surface area contributed by atoms with E-state index < -0.39 is 7.29 Å². The van der Waals surface area contributed by atoms with Gasteiger partial charge in [-0.05, 0) is 49.9 Å². The molecular formula is C20H24NOP. The highest BCUT2D eigenvalue weighted by Gasteiger charge is 2.31. The van der Waals surface area contributed by atoms with Gasteiger partial charge in [0.2, 0.25) is 7.29 Å². The van der Waals surface area contributed by atoms with Crippen LogP contribution in [0.2, 0.25) is 0 Å². The average molecular weight is 325 g/mol. The number of hydrogen-bond donors (Lipinski definition) is 1. The summed E-state index contributed by atoms with van der Waals surface area (Å²) in [5.74, 6) is 0.623. The molecule has 0 heterocycles. The van der Waals surface area contributed by atoms with Crippen molar-refractivity contribution in [1.29, 1.82) is 0 Å². The molecule has 0 unspecified atom stereocenters. The van der Waals surface area contributed by atoms with E-state index in [0.717, 1.165) is 23.5 Å². The van der Waals surface area contributed by atoms with Crippen LogP contribution in [0.25, 0.3) is 0 Å². The van der Waals surface area contributed by atoms with Gasteiger partial charge in [-0.3, -0.25) is 9.65 Å². The Kier molecular flexibility index (Phi) is 4.84. The molecule has 2 aromatic rings. The second-order valence-electron chi connectivity index (χ2n) is 6.57. The molecule has 0 saturated heterocycles. The topological polar surface area (TPSA) is 29.1 Å². The molecule has 2 atom stereocenters. The minimum Gasteiger partial charge on any atom is -0.297 e. The van der Waals surface area contributed by atoms with Crippen molar-refractivity contribution in [2.75, 3.05) is 0 Å². The van der Waals surface area contributed by atoms with Crippen molar-refractivity contribution < 1.29 is 4.57 Å². The molecular weight excluding hydrogens is 301 g/mol. The molecule has 0 bridgehead atoms. The standard InChI is InChI=1S/C20H24NOP/c1-16-13-17(2)15-18(14-16)21-23(22,19-9-5-3-6-10-19)20-11-7-4-8-12-20/h3-12,14,17-18H,13,15H2,1-2H3,(H,21,22)/t17-,18+/m1/s1. The molecule has 2 nitrogen and oxygen atoms in total. The summed E-state index contributed by atoms with van der Waals surface area (Å²) < 4.78 is 14.0. The van der Waals surface area contributed by atoms with Crippen molar-refractivity contribution in [3.63, 3.8) is 0 Å². The van der Waals surface area contributed by atoms with Crippen molar-refractivity contribution >= 4 is 17.9 Å². The minimum absolute atomic E-state index is 0.157. The molecule has 2 aromatic carbocycles. The van der Waals surface area contributed by atoms with Gasteiger partial charge < -0.3 is 0 Å². The summed E-state index contributed by atoms with van der Waals surface area (Å²) in [4.78, 5) is 0. The monoisotopic (exact) mass is 325 g/mol. The molecule has 0 aliphatic heterocycles. The maximum Gasteiger partial charge on any atom is 0.205 e. The number of hydrogen-bond acceptors (Lipinski definition) is 1. The van der Waals surface area contributed by atoms with Crippen LogP contribution in [0, 0.1) is 5.92 Å². The summed E-state index contributed by atoms with van der Waals surface area (Å²) in [5.41, 5.74) is 1.38. The first kappa shape index (κ1) is 16.2. The molecule has 1 aliphatic carbocycles. The Morgan fingerprint density at radius 1 is 0.957 bits per heavy atom. The largest absolute Gasteiger partial charge is 0.297 e. The maximum absolute atomic E-state index is 14.0. The van der Waals surface area contributed by atoms with Gasteiger partial charge >= 0.3 is 0 Å². The normalized spacial score (nSPS) is 21.7. The van der Waals surface area contributed by atoms with E-state index in [1.54, 1.807) is 0 Å². The first-order chi connectivity index (χ1) is 11.1. The van der Waals surface area contributed by atoms with Crippen LogP contribution in [0.15, 0.2) is 72.3 Å². The Labute approximate surface area is 139 Å². The maximum atomic E-state index is 14.0.